The number of rotatable bonds is 17. The van der Waals surface area contributed by atoms with Crippen LogP contribution in [0.1, 0.15) is 65.2 Å². The Morgan fingerprint density at radius 2 is 0.547 bits per heavy atom. The maximum atomic E-state index is 14.8. The molecule has 64 heavy (non-hydrogen) atoms. The molecule has 0 atom stereocenters. The van der Waals surface area contributed by atoms with E-state index in [0.29, 0.717) is 22.8 Å². The lowest BCUT2D eigenvalue weighted by Crippen LogP contribution is -2.03. The van der Waals surface area contributed by atoms with Crippen LogP contribution >= 0.6 is 45.3 Å². The topological polar surface area (TPSA) is 9.86 Å². The van der Waals surface area contributed by atoms with Crippen LogP contribution in [0.2, 0.25) is 0 Å². The van der Waals surface area contributed by atoms with Crippen LogP contribution in [0.3, 0.4) is 0 Å². The van der Waals surface area contributed by atoms with Crippen molar-refractivity contribution in [2.24, 2.45) is 0 Å². The second-order valence-electron chi connectivity index (χ2n) is 15.2. The van der Waals surface area contributed by atoms with Crippen molar-refractivity contribution in [2.45, 2.75) is 78.3 Å². The molecular formula is C48H38F10N2S4. The Hall–Kier alpha value is -4.90. The molecule has 0 spiro atoms. The third kappa shape index (κ3) is 8.54. The number of unbranched alkanes of at least 4 members (excludes halogenated alkanes) is 6. The molecular weight excluding hydrogens is 923 g/mol. The molecule has 8 rings (SSSR count). The SMILES string of the molecule is CCCCCCn1c(-c2ccc(-c3ccc(-c4ccc(-c5ccc(-c6c(F)c(F)c(F)c(F)c6F)s5)n4CCCCCC)s3)s2)ccc1-c1ccc(-c2c(F)c(F)c(F)c(F)c2F)s1. The van der Waals surface area contributed by atoms with Crippen molar-refractivity contribution < 1.29 is 43.9 Å². The summed E-state index contributed by atoms with van der Waals surface area (Å²) in [5, 5.41) is 0. The van der Waals surface area contributed by atoms with E-state index in [-0.39, 0.29) is 9.75 Å². The summed E-state index contributed by atoms with van der Waals surface area (Å²) in [5.74, 6) is -19.9. The molecule has 0 aliphatic heterocycles. The molecule has 0 bridgehead atoms. The van der Waals surface area contributed by atoms with Gasteiger partial charge in [-0.15, -0.1) is 45.3 Å². The van der Waals surface area contributed by atoms with Crippen molar-refractivity contribution >= 4 is 45.3 Å². The number of nitrogens with zero attached hydrogens (tertiary/aromatic N) is 2. The maximum Gasteiger partial charge on any atom is 0.200 e. The van der Waals surface area contributed by atoms with Crippen LogP contribution in [-0.2, 0) is 13.1 Å². The summed E-state index contributed by atoms with van der Waals surface area (Å²) in [4.78, 5) is 4.98. The molecule has 2 nitrogen and oxygen atoms in total. The van der Waals surface area contributed by atoms with Gasteiger partial charge in [-0.3, -0.25) is 0 Å². The van der Waals surface area contributed by atoms with Crippen LogP contribution in [0.4, 0.5) is 43.9 Å². The minimum Gasteiger partial charge on any atom is -0.339 e. The van der Waals surface area contributed by atoms with E-state index in [1.807, 2.05) is 48.5 Å². The summed E-state index contributed by atoms with van der Waals surface area (Å²) >= 11 is 5.07. The molecule has 6 heterocycles. The van der Waals surface area contributed by atoms with Crippen molar-refractivity contribution in [3.8, 4) is 72.9 Å². The number of benzene rings is 2. The molecule has 0 saturated carbocycles. The minimum atomic E-state index is -2.20. The highest BCUT2D eigenvalue weighted by Gasteiger charge is 2.30. The van der Waals surface area contributed by atoms with E-state index in [4.69, 9.17) is 0 Å². The van der Waals surface area contributed by atoms with Crippen molar-refractivity contribution in [3.63, 3.8) is 0 Å². The third-order valence-electron chi connectivity index (χ3n) is 11.0. The number of aromatic nitrogens is 2. The lowest BCUT2D eigenvalue weighted by Gasteiger charge is -2.12. The molecule has 0 saturated heterocycles. The Morgan fingerprint density at radius 3 is 0.844 bits per heavy atom. The second kappa shape index (κ2) is 19.3. The lowest BCUT2D eigenvalue weighted by molar-refractivity contribution is 0.381. The lowest BCUT2D eigenvalue weighted by atomic mass is 10.1. The standard InChI is InChI=1S/C48H38F10N2S4/c1-3-5-7-9-23-59-25(11-13-27(59)31-17-21-35(63-31)37-39(49)43(53)47(57)44(54)40(37)50)29-15-19-33(61-29)34-20-16-30(62-34)26-12-14-28(60(26)24-10-8-6-4-2)32-18-22-36(64-32)38-41(51)45(55)48(58)46(56)42(38)52/h11-22H,3-10,23-24H2,1-2H3. The first-order valence-electron chi connectivity index (χ1n) is 20.7. The minimum absolute atomic E-state index is 0.0847. The van der Waals surface area contributed by atoms with Gasteiger partial charge in [-0.2, -0.15) is 0 Å². The highest BCUT2D eigenvalue weighted by atomic mass is 32.1. The Morgan fingerprint density at radius 1 is 0.297 bits per heavy atom. The predicted octanol–water partition coefficient (Wildman–Crippen LogP) is 17.8. The van der Waals surface area contributed by atoms with Crippen LogP contribution in [0.25, 0.3) is 72.9 Å². The second-order valence-corrected chi connectivity index (χ2v) is 19.5. The van der Waals surface area contributed by atoms with Crippen molar-refractivity contribution in [1.29, 1.82) is 0 Å². The summed E-state index contributed by atoms with van der Waals surface area (Å²) in [5.41, 5.74) is 1.41. The van der Waals surface area contributed by atoms with Gasteiger partial charge in [0.1, 0.15) is 0 Å². The molecule has 0 unspecified atom stereocenters. The van der Waals surface area contributed by atoms with Gasteiger partial charge in [-0.05, 0) is 85.6 Å². The van der Waals surface area contributed by atoms with E-state index < -0.39 is 69.3 Å². The van der Waals surface area contributed by atoms with Gasteiger partial charge in [0.25, 0.3) is 0 Å². The zero-order chi connectivity index (χ0) is 45.4. The van der Waals surface area contributed by atoms with Gasteiger partial charge in [0.2, 0.25) is 11.6 Å². The van der Waals surface area contributed by atoms with Crippen LogP contribution < -0.4 is 0 Å². The van der Waals surface area contributed by atoms with Gasteiger partial charge in [-0.25, -0.2) is 43.9 Å². The van der Waals surface area contributed by atoms with Crippen molar-refractivity contribution in [2.75, 3.05) is 0 Å². The van der Waals surface area contributed by atoms with Crippen LogP contribution in [-0.4, -0.2) is 9.13 Å². The average Bonchev–Trinajstić information content (AvgIpc) is 4.15. The Labute approximate surface area is 378 Å². The van der Waals surface area contributed by atoms with E-state index in [1.54, 1.807) is 34.8 Å². The summed E-state index contributed by atoms with van der Waals surface area (Å²) < 4.78 is 148. The maximum absolute atomic E-state index is 14.8. The molecule has 0 aliphatic carbocycles. The smallest absolute Gasteiger partial charge is 0.200 e. The summed E-state index contributed by atoms with van der Waals surface area (Å²) in [6.07, 6.45) is 7.80. The van der Waals surface area contributed by atoms with Gasteiger partial charge in [-0.1, -0.05) is 52.4 Å². The van der Waals surface area contributed by atoms with Gasteiger partial charge in [0.05, 0.1) is 53.4 Å². The van der Waals surface area contributed by atoms with Gasteiger partial charge in [0.15, 0.2) is 46.5 Å². The summed E-state index contributed by atoms with van der Waals surface area (Å²) in [6.45, 7) is 5.50. The molecule has 0 N–H and O–H groups in total. The first-order valence-corrected chi connectivity index (χ1v) is 23.9. The fourth-order valence-corrected chi connectivity index (χ4v) is 12.1. The van der Waals surface area contributed by atoms with Crippen LogP contribution in [0.5, 0.6) is 0 Å². The van der Waals surface area contributed by atoms with E-state index in [2.05, 4.69) is 23.0 Å². The monoisotopic (exact) mass is 960 g/mol. The van der Waals surface area contributed by atoms with E-state index >= 15 is 0 Å². The van der Waals surface area contributed by atoms with E-state index in [9.17, 15) is 43.9 Å². The number of halogens is 10. The quantitative estimate of drug-likeness (QED) is 0.0372. The molecule has 0 fully saturated rings. The largest absolute Gasteiger partial charge is 0.339 e. The molecule has 0 aliphatic rings. The molecule has 8 aromatic rings. The number of hydrogen-bond acceptors (Lipinski definition) is 4. The molecule has 16 heteroatoms. The Bertz CT molecular complexity index is 2710. The summed E-state index contributed by atoms with van der Waals surface area (Å²) in [6, 6.07) is 21.9. The van der Waals surface area contributed by atoms with E-state index in [1.165, 1.54) is 12.1 Å². The molecule has 334 valence electrons. The third-order valence-corrected chi connectivity index (χ3v) is 15.7. The Kier molecular flexibility index (Phi) is 13.8. The number of thiophene rings is 4. The fourth-order valence-electron chi connectivity index (χ4n) is 7.75. The van der Waals surface area contributed by atoms with Crippen molar-refractivity contribution in [1.82, 2.24) is 9.13 Å². The van der Waals surface area contributed by atoms with E-state index in [0.717, 1.165) is 116 Å². The van der Waals surface area contributed by atoms with Gasteiger partial charge < -0.3 is 9.13 Å². The zero-order valence-electron chi connectivity index (χ0n) is 34.3. The summed E-state index contributed by atoms with van der Waals surface area (Å²) in [7, 11) is 0. The average molecular weight is 961 g/mol. The first kappa shape index (κ1) is 45.7. The molecule has 2 aromatic carbocycles. The van der Waals surface area contributed by atoms with Crippen molar-refractivity contribution in [3.05, 3.63) is 131 Å². The highest BCUT2D eigenvalue weighted by Crippen LogP contribution is 2.46. The van der Waals surface area contributed by atoms with Crippen LogP contribution in [0.15, 0.2) is 72.8 Å². The van der Waals surface area contributed by atoms with Gasteiger partial charge >= 0.3 is 0 Å². The molecule has 6 aromatic heterocycles. The van der Waals surface area contributed by atoms with Crippen LogP contribution in [0, 0.1) is 58.2 Å². The zero-order valence-corrected chi connectivity index (χ0v) is 37.6. The fraction of sp³-hybridized carbons (Fsp3) is 0.250. The van der Waals surface area contributed by atoms with Gasteiger partial charge in [0, 0.05) is 32.6 Å². The number of hydrogen-bond donors (Lipinski definition) is 0. The highest BCUT2D eigenvalue weighted by molar-refractivity contribution is 7.25. The predicted molar refractivity (Wildman–Crippen MR) is 240 cm³/mol. The Balaban J connectivity index is 1.10. The molecule has 0 amide bonds. The normalized spacial score (nSPS) is 11.8. The molecule has 0 radical (unpaired) electrons. The first-order chi connectivity index (χ1) is 30.8.